The summed E-state index contributed by atoms with van der Waals surface area (Å²) in [5.41, 5.74) is 0.360. The lowest BCUT2D eigenvalue weighted by atomic mass is 9.88. The molecule has 1 aliphatic heterocycles. The summed E-state index contributed by atoms with van der Waals surface area (Å²) in [6.07, 6.45) is 0.889. The number of aliphatic hydroxyl groups excluding tert-OH is 1. The van der Waals surface area contributed by atoms with Gasteiger partial charge in [-0.2, -0.15) is 0 Å². The van der Waals surface area contributed by atoms with Crippen LogP contribution in [0.15, 0.2) is 0 Å². The Kier molecular flexibility index (Phi) is 4.16. The molecule has 1 fully saturated rings. The fourth-order valence-electron chi connectivity index (χ4n) is 1.50. The summed E-state index contributed by atoms with van der Waals surface area (Å²) in [5, 5.41) is 12.1. The Hall–Kier alpha value is -0.120. The second-order valence-corrected chi connectivity index (χ2v) is 4.55. The first-order valence-corrected chi connectivity index (χ1v) is 5.06. The van der Waals surface area contributed by atoms with E-state index in [2.05, 4.69) is 19.2 Å². The normalized spacial score (nSPS) is 22.4. The van der Waals surface area contributed by atoms with Crippen LogP contribution >= 0.6 is 0 Å². The van der Waals surface area contributed by atoms with E-state index in [-0.39, 0.29) is 0 Å². The van der Waals surface area contributed by atoms with Gasteiger partial charge in [0, 0.05) is 18.6 Å². The van der Waals surface area contributed by atoms with Crippen molar-refractivity contribution in [2.45, 2.75) is 20.3 Å². The molecule has 0 aromatic heterocycles. The summed E-state index contributed by atoms with van der Waals surface area (Å²) in [6.45, 7) is 8.48. The van der Waals surface area contributed by atoms with Gasteiger partial charge in [-0.15, -0.1) is 0 Å². The molecule has 0 aliphatic carbocycles. The molecule has 0 aromatic rings. The molecule has 0 radical (unpaired) electrons. The minimum atomic E-state index is 0.295. The summed E-state index contributed by atoms with van der Waals surface area (Å²) in [5.74, 6) is 0.564. The van der Waals surface area contributed by atoms with Gasteiger partial charge >= 0.3 is 0 Å². The molecule has 1 aliphatic rings. The van der Waals surface area contributed by atoms with Gasteiger partial charge in [0.2, 0.25) is 0 Å². The Labute approximate surface area is 80.5 Å². The van der Waals surface area contributed by atoms with Gasteiger partial charge in [-0.3, -0.25) is 0 Å². The van der Waals surface area contributed by atoms with Gasteiger partial charge in [0.05, 0.1) is 13.2 Å². The first-order valence-electron chi connectivity index (χ1n) is 5.06. The molecular weight excluding hydrogens is 166 g/mol. The lowest BCUT2D eigenvalue weighted by molar-refractivity contribution is -0.0992. The number of hydrogen-bond donors (Lipinski definition) is 2. The predicted molar refractivity (Wildman–Crippen MR) is 52.7 cm³/mol. The van der Waals surface area contributed by atoms with Crippen molar-refractivity contribution in [1.82, 2.24) is 5.32 Å². The maximum atomic E-state index is 8.71. The zero-order valence-corrected chi connectivity index (χ0v) is 8.68. The van der Waals surface area contributed by atoms with Gasteiger partial charge in [0.25, 0.3) is 0 Å². The van der Waals surface area contributed by atoms with Crippen LogP contribution in [0.4, 0.5) is 0 Å². The highest BCUT2D eigenvalue weighted by atomic mass is 16.5. The summed E-state index contributed by atoms with van der Waals surface area (Å²) in [7, 11) is 0. The maximum Gasteiger partial charge on any atom is 0.0554 e. The highest BCUT2D eigenvalue weighted by Crippen LogP contribution is 2.25. The highest BCUT2D eigenvalue weighted by molar-refractivity contribution is 4.82. The standard InChI is InChI=1S/C10H21NO2/c1-9(3-4-12)5-11-6-10(2)7-13-8-10/h9,11-12H,3-8H2,1-2H3. The Bertz CT molecular complexity index is 146. The van der Waals surface area contributed by atoms with Crippen molar-refractivity contribution >= 4 is 0 Å². The predicted octanol–water partition coefficient (Wildman–Crippen LogP) is 0.631. The molecule has 0 saturated carbocycles. The molecule has 0 bridgehead atoms. The number of hydrogen-bond acceptors (Lipinski definition) is 3. The second kappa shape index (κ2) is 4.94. The zero-order chi connectivity index (χ0) is 9.73. The Balaban J connectivity index is 1.99. The van der Waals surface area contributed by atoms with Gasteiger partial charge in [0.1, 0.15) is 0 Å². The number of nitrogens with one attached hydrogen (secondary N) is 1. The van der Waals surface area contributed by atoms with Crippen molar-refractivity contribution in [3.8, 4) is 0 Å². The van der Waals surface area contributed by atoms with Crippen LogP contribution in [0.1, 0.15) is 20.3 Å². The fraction of sp³-hybridized carbons (Fsp3) is 1.00. The van der Waals surface area contributed by atoms with Gasteiger partial charge in [0.15, 0.2) is 0 Å². The van der Waals surface area contributed by atoms with E-state index in [0.717, 1.165) is 32.7 Å². The van der Waals surface area contributed by atoms with Crippen molar-refractivity contribution in [1.29, 1.82) is 0 Å². The molecule has 2 N–H and O–H groups in total. The molecule has 1 unspecified atom stereocenters. The van der Waals surface area contributed by atoms with E-state index in [1.807, 2.05) is 0 Å². The third kappa shape index (κ3) is 3.63. The van der Waals surface area contributed by atoms with Crippen molar-refractivity contribution < 1.29 is 9.84 Å². The Morgan fingerprint density at radius 1 is 1.54 bits per heavy atom. The van der Waals surface area contributed by atoms with Crippen molar-refractivity contribution in [3.05, 3.63) is 0 Å². The first-order chi connectivity index (χ1) is 6.16. The Morgan fingerprint density at radius 3 is 2.69 bits per heavy atom. The van der Waals surface area contributed by atoms with Crippen LogP contribution in [0.25, 0.3) is 0 Å². The molecule has 0 aromatic carbocycles. The van der Waals surface area contributed by atoms with Gasteiger partial charge in [-0.1, -0.05) is 13.8 Å². The van der Waals surface area contributed by atoms with Crippen LogP contribution in [0.2, 0.25) is 0 Å². The summed E-state index contributed by atoms with van der Waals surface area (Å²) in [4.78, 5) is 0. The maximum absolute atomic E-state index is 8.71. The second-order valence-electron chi connectivity index (χ2n) is 4.55. The van der Waals surface area contributed by atoms with Crippen LogP contribution in [0.3, 0.4) is 0 Å². The van der Waals surface area contributed by atoms with E-state index in [0.29, 0.717) is 17.9 Å². The smallest absolute Gasteiger partial charge is 0.0554 e. The average Bonchev–Trinajstić information content (AvgIpc) is 2.02. The quantitative estimate of drug-likeness (QED) is 0.641. The van der Waals surface area contributed by atoms with Gasteiger partial charge in [-0.05, 0) is 18.9 Å². The molecule has 78 valence electrons. The zero-order valence-electron chi connectivity index (χ0n) is 8.68. The number of aliphatic hydroxyl groups is 1. The van der Waals surface area contributed by atoms with E-state index in [4.69, 9.17) is 9.84 Å². The molecule has 0 spiro atoms. The summed E-state index contributed by atoms with van der Waals surface area (Å²) in [6, 6.07) is 0. The van der Waals surface area contributed by atoms with E-state index >= 15 is 0 Å². The van der Waals surface area contributed by atoms with E-state index in [9.17, 15) is 0 Å². The number of ether oxygens (including phenoxy) is 1. The topological polar surface area (TPSA) is 41.5 Å². The lowest BCUT2D eigenvalue weighted by Gasteiger charge is -2.38. The average molecular weight is 187 g/mol. The molecule has 3 heteroatoms. The van der Waals surface area contributed by atoms with Crippen molar-refractivity contribution in [3.63, 3.8) is 0 Å². The SMILES string of the molecule is CC(CCO)CNCC1(C)COC1. The van der Waals surface area contributed by atoms with Gasteiger partial charge in [-0.25, -0.2) is 0 Å². The van der Waals surface area contributed by atoms with Crippen molar-refractivity contribution in [2.75, 3.05) is 32.9 Å². The lowest BCUT2D eigenvalue weighted by Crippen LogP contribution is -2.48. The van der Waals surface area contributed by atoms with Crippen LogP contribution in [-0.2, 0) is 4.74 Å². The summed E-state index contributed by atoms with van der Waals surface area (Å²) >= 11 is 0. The number of rotatable bonds is 6. The van der Waals surface area contributed by atoms with E-state index < -0.39 is 0 Å². The third-order valence-corrected chi connectivity index (χ3v) is 2.57. The molecular formula is C10H21NO2. The van der Waals surface area contributed by atoms with E-state index in [1.165, 1.54) is 0 Å². The molecule has 0 amide bonds. The molecule has 13 heavy (non-hydrogen) atoms. The molecule has 1 heterocycles. The molecule has 1 atom stereocenters. The molecule has 1 saturated heterocycles. The van der Waals surface area contributed by atoms with Gasteiger partial charge < -0.3 is 15.2 Å². The largest absolute Gasteiger partial charge is 0.396 e. The summed E-state index contributed by atoms with van der Waals surface area (Å²) < 4.78 is 5.16. The minimum Gasteiger partial charge on any atom is -0.396 e. The van der Waals surface area contributed by atoms with Crippen LogP contribution in [-0.4, -0.2) is 38.0 Å². The van der Waals surface area contributed by atoms with Crippen LogP contribution in [0.5, 0.6) is 0 Å². The van der Waals surface area contributed by atoms with Crippen molar-refractivity contribution in [2.24, 2.45) is 11.3 Å². The third-order valence-electron chi connectivity index (χ3n) is 2.57. The minimum absolute atomic E-state index is 0.295. The molecule has 3 nitrogen and oxygen atoms in total. The first kappa shape index (κ1) is 11.0. The highest BCUT2D eigenvalue weighted by Gasteiger charge is 2.32. The molecule has 1 rings (SSSR count). The monoisotopic (exact) mass is 187 g/mol. The Morgan fingerprint density at radius 2 is 2.23 bits per heavy atom. The van der Waals surface area contributed by atoms with Crippen LogP contribution < -0.4 is 5.32 Å². The van der Waals surface area contributed by atoms with Crippen LogP contribution in [0, 0.1) is 11.3 Å². The fourth-order valence-corrected chi connectivity index (χ4v) is 1.50. The van der Waals surface area contributed by atoms with E-state index in [1.54, 1.807) is 0 Å².